The maximum Gasteiger partial charge on any atom is 0.191 e. The number of nitrogens with one attached hydrogen (secondary N) is 2. The van der Waals surface area contributed by atoms with Gasteiger partial charge >= 0.3 is 0 Å². The molecule has 0 spiro atoms. The van der Waals surface area contributed by atoms with E-state index in [1.807, 2.05) is 36.4 Å². The van der Waals surface area contributed by atoms with Gasteiger partial charge in [-0.1, -0.05) is 12.1 Å². The van der Waals surface area contributed by atoms with E-state index in [4.69, 9.17) is 17.0 Å². The van der Waals surface area contributed by atoms with Crippen molar-refractivity contribution in [2.24, 2.45) is 5.10 Å². The molecule has 0 unspecified atom stereocenters. The maximum atomic E-state index is 5.22. The highest BCUT2D eigenvalue weighted by Gasteiger charge is 2.02. The standard InChI is InChI=1S/C14H14N4OS/c1-19-13-5-3-2-4-12(13)17-14(20)18-16-10-11-6-8-15-9-7-11/h2-10H,1H3,(H2,17,18,20)/b16-10+. The average Bonchev–Trinajstić information content (AvgIpc) is 2.49. The number of thiocarbonyl (C=S) groups is 1. The summed E-state index contributed by atoms with van der Waals surface area (Å²) in [5, 5.41) is 7.45. The van der Waals surface area contributed by atoms with E-state index in [0.29, 0.717) is 5.11 Å². The minimum Gasteiger partial charge on any atom is -0.495 e. The first-order chi connectivity index (χ1) is 9.79. The molecule has 1 heterocycles. The van der Waals surface area contributed by atoms with Crippen molar-refractivity contribution in [2.45, 2.75) is 0 Å². The molecule has 1 aromatic carbocycles. The summed E-state index contributed by atoms with van der Waals surface area (Å²) < 4.78 is 5.22. The SMILES string of the molecule is COc1ccccc1NC(=S)N/N=C/c1ccncc1. The van der Waals surface area contributed by atoms with E-state index < -0.39 is 0 Å². The van der Waals surface area contributed by atoms with Crippen molar-refractivity contribution in [3.8, 4) is 5.75 Å². The molecule has 0 bridgehead atoms. The summed E-state index contributed by atoms with van der Waals surface area (Å²) in [4.78, 5) is 3.93. The molecule has 0 saturated heterocycles. The first-order valence-corrected chi connectivity index (χ1v) is 6.33. The van der Waals surface area contributed by atoms with Gasteiger partial charge in [0.25, 0.3) is 0 Å². The molecular formula is C14H14N4OS. The minimum absolute atomic E-state index is 0.389. The molecule has 102 valence electrons. The van der Waals surface area contributed by atoms with Gasteiger partial charge in [0.2, 0.25) is 0 Å². The smallest absolute Gasteiger partial charge is 0.191 e. The predicted octanol–water partition coefficient (Wildman–Crippen LogP) is 2.41. The zero-order chi connectivity index (χ0) is 14.2. The zero-order valence-corrected chi connectivity index (χ0v) is 11.7. The monoisotopic (exact) mass is 286 g/mol. The molecule has 1 aromatic heterocycles. The van der Waals surface area contributed by atoms with Crippen molar-refractivity contribution < 1.29 is 4.74 Å². The summed E-state index contributed by atoms with van der Waals surface area (Å²) in [6, 6.07) is 11.2. The molecule has 20 heavy (non-hydrogen) atoms. The van der Waals surface area contributed by atoms with Crippen molar-refractivity contribution in [3.05, 3.63) is 54.4 Å². The summed E-state index contributed by atoms with van der Waals surface area (Å²) in [5.41, 5.74) is 4.47. The van der Waals surface area contributed by atoms with E-state index in [1.54, 1.807) is 25.7 Å². The van der Waals surface area contributed by atoms with Gasteiger partial charge in [-0.3, -0.25) is 10.4 Å². The van der Waals surface area contributed by atoms with Gasteiger partial charge in [0.05, 0.1) is 19.0 Å². The summed E-state index contributed by atoms with van der Waals surface area (Å²) in [6.45, 7) is 0. The van der Waals surface area contributed by atoms with Crippen LogP contribution < -0.4 is 15.5 Å². The van der Waals surface area contributed by atoms with E-state index in [-0.39, 0.29) is 0 Å². The van der Waals surface area contributed by atoms with E-state index in [1.165, 1.54) is 0 Å². The quantitative estimate of drug-likeness (QED) is 0.513. The fourth-order valence-electron chi connectivity index (χ4n) is 1.51. The van der Waals surface area contributed by atoms with E-state index in [0.717, 1.165) is 17.0 Å². The van der Waals surface area contributed by atoms with E-state index >= 15 is 0 Å². The molecular weight excluding hydrogens is 272 g/mol. The number of ether oxygens (including phenoxy) is 1. The normalized spacial score (nSPS) is 10.2. The van der Waals surface area contributed by atoms with Crippen LogP contribution >= 0.6 is 12.2 Å². The number of rotatable bonds is 4. The lowest BCUT2D eigenvalue weighted by Gasteiger charge is -2.10. The van der Waals surface area contributed by atoms with Crippen molar-refractivity contribution in [1.82, 2.24) is 10.4 Å². The van der Waals surface area contributed by atoms with Crippen LogP contribution in [0.5, 0.6) is 5.75 Å². The molecule has 6 heteroatoms. The number of hydrogen-bond acceptors (Lipinski definition) is 4. The highest BCUT2D eigenvalue weighted by molar-refractivity contribution is 7.80. The number of nitrogens with zero attached hydrogens (tertiary/aromatic N) is 2. The molecule has 2 N–H and O–H groups in total. The Morgan fingerprint density at radius 1 is 1.25 bits per heavy atom. The van der Waals surface area contributed by atoms with E-state index in [2.05, 4.69) is 20.8 Å². The topological polar surface area (TPSA) is 58.5 Å². The molecule has 2 rings (SSSR count). The first-order valence-electron chi connectivity index (χ1n) is 5.92. The molecule has 2 aromatic rings. The summed E-state index contributed by atoms with van der Waals surface area (Å²) in [5.74, 6) is 0.717. The Balaban J connectivity index is 1.91. The second-order valence-electron chi connectivity index (χ2n) is 3.80. The van der Waals surface area contributed by atoms with Gasteiger partial charge in [-0.05, 0) is 42.0 Å². The molecule has 0 fully saturated rings. The van der Waals surface area contributed by atoms with Crippen LogP contribution in [0.4, 0.5) is 5.69 Å². The maximum absolute atomic E-state index is 5.22. The van der Waals surface area contributed by atoms with Gasteiger partial charge in [-0.25, -0.2) is 0 Å². The van der Waals surface area contributed by atoms with Crippen LogP contribution in [-0.2, 0) is 0 Å². The predicted molar refractivity (Wildman–Crippen MR) is 84.2 cm³/mol. The third-order valence-electron chi connectivity index (χ3n) is 2.44. The van der Waals surface area contributed by atoms with Crippen LogP contribution in [0, 0.1) is 0 Å². The number of methoxy groups -OCH3 is 1. The number of hydrogen-bond donors (Lipinski definition) is 2. The highest BCUT2D eigenvalue weighted by atomic mass is 32.1. The Morgan fingerprint density at radius 3 is 2.75 bits per heavy atom. The van der Waals surface area contributed by atoms with Crippen molar-refractivity contribution in [3.63, 3.8) is 0 Å². The third kappa shape index (κ3) is 4.03. The molecule has 0 saturated carbocycles. The van der Waals surface area contributed by atoms with Crippen molar-refractivity contribution in [2.75, 3.05) is 12.4 Å². The molecule has 0 radical (unpaired) electrons. The lowest BCUT2D eigenvalue weighted by molar-refractivity contribution is 0.417. The Bertz CT molecular complexity index is 601. The van der Waals surface area contributed by atoms with Gasteiger partial charge in [0, 0.05) is 12.4 Å². The Hall–Kier alpha value is -2.47. The second kappa shape index (κ2) is 7.20. The van der Waals surface area contributed by atoms with Gasteiger partial charge in [0.15, 0.2) is 5.11 Å². The fraction of sp³-hybridized carbons (Fsp3) is 0.0714. The second-order valence-corrected chi connectivity index (χ2v) is 4.21. The minimum atomic E-state index is 0.389. The largest absolute Gasteiger partial charge is 0.495 e. The third-order valence-corrected chi connectivity index (χ3v) is 2.63. The van der Waals surface area contributed by atoms with Gasteiger partial charge in [-0.15, -0.1) is 0 Å². The molecule has 0 amide bonds. The zero-order valence-electron chi connectivity index (χ0n) is 10.9. The highest BCUT2D eigenvalue weighted by Crippen LogP contribution is 2.22. The Labute approximate surface area is 122 Å². The van der Waals surface area contributed by atoms with Gasteiger partial charge in [0.1, 0.15) is 5.75 Å². The molecule has 0 aliphatic carbocycles. The van der Waals surface area contributed by atoms with Crippen LogP contribution in [0.1, 0.15) is 5.56 Å². The van der Waals surface area contributed by atoms with Crippen LogP contribution in [0.15, 0.2) is 53.9 Å². The molecule has 0 aliphatic rings. The van der Waals surface area contributed by atoms with Gasteiger partial charge < -0.3 is 10.1 Å². The fourth-order valence-corrected chi connectivity index (χ4v) is 1.68. The number of para-hydroxylation sites is 2. The summed E-state index contributed by atoms with van der Waals surface area (Å²) >= 11 is 5.16. The first kappa shape index (κ1) is 14.0. The van der Waals surface area contributed by atoms with Crippen molar-refractivity contribution >= 4 is 29.2 Å². The number of anilines is 1. The lowest BCUT2D eigenvalue weighted by Crippen LogP contribution is -2.24. The summed E-state index contributed by atoms with van der Waals surface area (Å²) in [6.07, 6.45) is 5.07. The van der Waals surface area contributed by atoms with Crippen LogP contribution in [0.3, 0.4) is 0 Å². The Morgan fingerprint density at radius 2 is 2.00 bits per heavy atom. The molecule has 5 nitrogen and oxygen atoms in total. The van der Waals surface area contributed by atoms with E-state index in [9.17, 15) is 0 Å². The molecule has 0 aliphatic heterocycles. The Kier molecular flexibility index (Phi) is 5.02. The lowest BCUT2D eigenvalue weighted by atomic mass is 10.3. The van der Waals surface area contributed by atoms with Gasteiger partial charge in [-0.2, -0.15) is 5.10 Å². The number of hydrazone groups is 1. The number of aromatic nitrogens is 1. The van der Waals surface area contributed by atoms with Crippen molar-refractivity contribution in [1.29, 1.82) is 0 Å². The van der Waals surface area contributed by atoms with Crippen LogP contribution in [0.2, 0.25) is 0 Å². The van der Waals surface area contributed by atoms with Crippen LogP contribution in [-0.4, -0.2) is 23.4 Å². The number of benzene rings is 1. The average molecular weight is 286 g/mol. The molecule has 0 atom stereocenters. The number of pyridine rings is 1. The van der Waals surface area contributed by atoms with Crippen LogP contribution in [0.25, 0.3) is 0 Å². The summed E-state index contributed by atoms with van der Waals surface area (Å²) in [7, 11) is 1.61.